The first-order chi connectivity index (χ1) is 16.9. The fraction of sp³-hybridized carbons (Fsp3) is 0.704. The van der Waals surface area contributed by atoms with E-state index in [1.807, 2.05) is 0 Å². The summed E-state index contributed by atoms with van der Waals surface area (Å²) in [5.74, 6) is 1.42. The predicted molar refractivity (Wildman–Crippen MR) is 132 cm³/mol. The number of oxime groups is 1. The van der Waals surface area contributed by atoms with E-state index in [1.165, 1.54) is 5.57 Å². The van der Waals surface area contributed by atoms with E-state index in [-0.39, 0.29) is 10.8 Å². The molecule has 0 aromatic heterocycles. The number of aliphatic carboxylic acids is 1. The minimum atomic E-state index is -1.40. The van der Waals surface area contributed by atoms with Crippen molar-refractivity contribution in [2.24, 2.45) is 39.5 Å². The van der Waals surface area contributed by atoms with Gasteiger partial charge in [0.2, 0.25) is 5.91 Å². The first kappa shape index (κ1) is 26.2. The summed E-state index contributed by atoms with van der Waals surface area (Å²) < 4.78 is 0. The third kappa shape index (κ3) is 4.40. The van der Waals surface area contributed by atoms with Gasteiger partial charge in [0.05, 0.1) is 12.1 Å². The van der Waals surface area contributed by atoms with E-state index in [4.69, 9.17) is 22.1 Å². The average molecular weight is 500 g/mol. The largest absolute Gasteiger partial charge is 0.480 e. The lowest BCUT2D eigenvalue weighted by molar-refractivity contribution is -0.144. The van der Waals surface area contributed by atoms with Crippen molar-refractivity contribution in [2.75, 3.05) is 6.61 Å². The van der Waals surface area contributed by atoms with Gasteiger partial charge in [-0.25, -0.2) is 4.79 Å². The van der Waals surface area contributed by atoms with Crippen LogP contribution in [-0.4, -0.2) is 52.0 Å². The van der Waals surface area contributed by atoms with Crippen LogP contribution < -0.4 is 11.1 Å². The zero-order chi connectivity index (χ0) is 26.3. The van der Waals surface area contributed by atoms with Crippen molar-refractivity contribution in [1.82, 2.24) is 5.32 Å². The molecule has 9 nitrogen and oxygen atoms in total. The molecule has 4 aliphatic carbocycles. The average Bonchev–Trinajstić information content (AvgIpc) is 3.09. The van der Waals surface area contributed by atoms with Gasteiger partial charge in [-0.05, 0) is 80.6 Å². The smallest absolute Gasteiger partial charge is 0.326 e. The van der Waals surface area contributed by atoms with E-state index in [9.17, 15) is 19.5 Å². The first-order valence-electron chi connectivity index (χ1n) is 12.8. The third-order valence-corrected chi connectivity index (χ3v) is 9.78. The van der Waals surface area contributed by atoms with Gasteiger partial charge in [-0.1, -0.05) is 30.5 Å². The van der Waals surface area contributed by atoms with Gasteiger partial charge in [0.1, 0.15) is 11.6 Å². The monoisotopic (exact) mass is 499 g/mol. The number of carbonyl (C=O) groups excluding carboxylic acids is 2. The van der Waals surface area contributed by atoms with Gasteiger partial charge in [0, 0.05) is 5.41 Å². The van der Waals surface area contributed by atoms with Gasteiger partial charge in [0.15, 0.2) is 6.61 Å². The van der Waals surface area contributed by atoms with Crippen LogP contribution in [0.1, 0.15) is 71.6 Å². The zero-order valence-corrected chi connectivity index (χ0v) is 21.1. The second-order valence-corrected chi connectivity index (χ2v) is 11.5. The first-order valence-corrected chi connectivity index (χ1v) is 12.8. The maximum absolute atomic E-state index is 12.0. The molecule has 4 rings (SSSR count). The van der Waals surface area contributed by atoms with Gasteiger partial charge in [-0.3, -0.25) is 9.59 Å². The van der Waals surface area contributed by atoms with Crippen LogP contribution in [0, 0.1) is 40.9 Å². The predicted octanol–water partition coefficient (Wildman–Crippen LogP) is 2.13. The molecule has 2 amide bonds. The van der Waals surface area contributed by atoms with Crippen molar-refractivity contribution in [3.63, 3.8) is 0 Å². The molecule has 9 heteroatoms. The van der Waals surface area contributed by atoms with Crippen LogP contribution >= 0.6 is 0 Å². The normalized spacial score (nSPS) is 39.0. The van der Waals surface area contributed by atoms with Crippen LogP contribution in [0.5, 0.6) is 0 Å². The number of carboxylic acids is 1. The molecule has 0 aliphatic heterocycles. The summed E-state index contributed by atoms with van der Waals surface area (Å²) in [5, 5.41) is 26.6. The summed E-state index contributed by atoms with van der Waals surface area (Å²) in [6.07, 6.45) is 14.7. The minimum Gasteiger partial charge on any atom is -0.480 e. The summed E-state index contributed by atoms with van der Waals surface area (Å²) in [6, 6.07) is -1.40. The lowest BCUT2D eigenvalue weighted by Gasteiger charge is -2.58. The third-order valence-electron chi connectivity index (χ3n) is 9.78. The number of allylic oxidation sites excluding steroid dienone is 2. The van der Waals surface area contributed by atoms with Crippen LogP contribution in [-0.2, 0) is 19.2 Å². The van der Waals surface area contributed by atoms with Crippen LogP contribution in [0.4, 0.5) is 0 Å². The summed E-state index contributed by atoms with van der Waals surface area (Å²) in [6.45, 7) is 4.10. The van der Waals surface area contributed by atoms with Gasteiger partial charge >= 0.3 is 5.97 Å². The lowest BCUT2D eigenvalue weighted by atomic mass is 9.46. The summed E-state index contributed by atoms with van der Waals surface area (Å²) >= 11 is 0. The van der Waals surface area contributed by atoms with E-state index >= 15 is 0 Å². The molecule has 3 saturated carbocycles. The molecule has 5 N–H and O–H groups in total. The topological polar surface area (TPSA) is 151 Å². The Hall–Kier alpha value is -2.86. The number of carboxylic acid groups (broad SMARTS) is 1. The Morgan fingerprint density at radius 3 is 2.61 bits per heavy atom. The van der Waals surface area contributed by atoms with Gasteiger partial charge < -0.3 is 26.1 Å². The van der Waals surface area contributed by atoms with Gasteiger partial charge in [-0.15, -0.1) is 6.42 Å². The Morgan fingerprint density at radius 1 is 1.22 bits per heavy atom. The van der Waals surface area contributed by atoms with Crippen molar-refractivity contribution in [3.05, 3.63) is 11.6 Å². The molecule has 0 aromatic rings. The van der Waals surface area contributed by atoms with Crippen molar-refractivity contribution >= 4 is 23.5 Å². The Bertz CT molecular complexity index is 1050. The van der Waals surface area contributed by atoms with E-state index in [2.05, 4.69) is 36.3 Å². The highest BCUT2D eigenvalue weighted by molar-refractivity contribution is 5.96. The van der Waals surface area contributed by atoms with E-state index in [1.54, 1.807) is 0 Å². The molecule has 0 heterocycles. The number of hydrogen-bond donors (Lipinski definition) is 4. The molecule has 0 saturated heterocycles. The Balaban J connectivity index is 1.40. The molecule has 0 unspecified atom stereocenters. The molecule has 3 fully saturated rings. The number of carbonyl (C=O) groups is 3. The molecule has 0 aromatic carbocycles. The molecule has 0 bridgehead atoms. The maximum Gasteiger partial charge on any atom is 0.326 e. The molecular weight excluding hydrogens is 462 g/mol. The number of aliphatic hydroxyl groups is 1. The Kier molecular flexibility index (Phi) is 6.95. The standard InChI is InChI=1S/C27H37N3O6/c1-4-27(35)12-9-20-18-6-5-16-13-17(7-10-25(16,2)19(18)8-11-26(20,27)3)30-36-15-23(32)29-21(24(33)34)14-22(28)31/h1,13,18-21,35H,5-12,14-15H2,2-3H3,(H2,28,31)(H,29,32)(H,33,34)/b30-17+/t18-,19+,20-,21-,25+,26+,27-/m1/s1. The van der Waals surface area contributed by atoms with Crippen LogP contribution in [0.2, 0.25) is 0 Å². The number of nitrogens with one attached hydrogen (secondary N) is 1. The molecule has 7 atom stereocenters. The van der Waals surface area contributed by atoms with Crippen molar-refractivity contribution in [2.45, 2.75) is 83.3 Å². The Labute approximate surface area is 211 Å². The SMILES string of the molecule is C#C[C@@]1(O)CC[C@@H]2[C@@H]3CCC4=C/C(=N/OCC(=O)N[C@H](CC(N)=O)C(=O)O)CC[C@]4(C)[C@H]3CC[C@@]21C. The van der Waals surface area contributed by atoms with Crippen LogP contribution in [0.3, 0.4) is 0 Å². The quantitative estimate of drug-likeness (QED) is 0.311. The summed E-state index contributed by atoms with van der Waals surface area (Å²) in [4.78, 5) is 39.4. The number of nitrogens with zero attached hydrogens (tertiary/aromatic N) is 1. The number of nitrogens with two attached hydrogens (primary N) is 1. The van der Waals surface area contributed by atoms with Crippen LogP contribution in [0.25, 0.3) is 0 Å². The lowest BCUT2D eigenvalue weighted by Crippen LogP contribution is -2.54. The highest BCUT2D eigenvalue weighted by Crippen LogP contribution is 2.67. The Morgan fingerprint density at radius 2 is 1.94 bits per heavy atom. The van der Waals surface area contributed by atoms with Crippen molar-refractivity contribution in [1.29, 1.82) is 0 Å². The molecule has 4 aliphatic rings. The molecular formula is C27H37N3O6. The van der Waals surface area contributed by atoms with E-state index in [0.717, 1.165) is 50.7 Å². The highest BCUT2D eigenvalue weighted by atomic mass is 16.6. The number of rotatable bonds is 7. The number of fused-ring (bicyclic) bond motifs is 5. The fourth-order valence-electron chi connectivity index (χ4n) is 7.71. The number of hydrogen-bond acceptors (Lipinski definition) is 6. The second-order valence-electron chi connectivity index (χ2n) is 11.5. The number of amides is 2. The van der Waals surface area contributed by atoms with E-state index in [0.29, 0.717) is 24.2 Å². The van der Waals surface area contributed by atoms with Crippen LogP contribution in [0.15, 0.2) is 16.8 Å². The van der Waals surface area contributed by atoms with Crippen molar-refractivity contribution < 1.29 is 29.4 Å². The zero-order valence-electron chi connectivity index (χ0n) is 21.1. The number of primary amides is 1. The number of terminal acetylenes is 1. The van der Waals surface area contributed by atoms with Gasteiger partial charge in [0.25, 0.3) is 5.91 Å². The fourth-order valence-corrected chi connectivity index (χ4v) is 7.71. The van der Waals surface area contributed by atoms with E-state index < -0.39 is 42.5 Å². The second kappa shape index (κ2) is 9.55. The molecule has 196 valence electrons. The summed E-state index contributed by atoms with van der Waals surface area (Å²) in [5.41, 5.74) is 6.01. The molecule has 0 radical (unpaired) electrons. The molecule has 36 heavy (non-hydrogen) atoms. The minimum absolute atomic E-state index is 0.0704. The molecule has 0 spiro atoms. The maximum atomic E-state index is 12.0. The van der Waals surface area contributed by atoms with Gasteiger partial charge in [-0.2, -0.15) is 0 Å². The van der Waals surface area contributed by atoms with Crippen molar-refractivity contribution in [3.8, 4) is 12.3 Å². The highest BCUT2D eigenvalue weighted by Gasteiger charge is 2.63. The summed E-state index contributed by atoms with van der Waals surface area (Å²) in [7, 11) is 0.